The third-order valence-corrected chi connectivity index (χ3v) is 4.14. The Hall–Kier alpha value is -1.68. The number of amidine groups is 1. The monoisotopic (exact) mass is 287 g/mol. The van der Waals surface area contributed by atoms with Crippen LogP contribution < -0.4 is 0 Å². The lowest BCUT2D eigenvalue weighted by atomic mass is 10.1. The molecule has 0 radical (unpaired) electrons. The molecule has 0 bridgehead atoms. The van der Waals surface area contributed by atoms with E-state index in [-0.39, 0.29) is 0 Å². The molecule has 0 aliphatic heterocycles. The minimum Gasteiger partial charge on any atom is -0.354 e. The summed E-state index contributed by atoms with van der Waals surface area (Å²) >= 11 is 1.67. The molecule has 0 aliphatic carbocycles. The first-order valence-electron chi connectivity index (χ1n) is 6.80. The van der Waals surface area contributed by atoms with Gasteiger partial charge >= 0.3 is 0 Å². The summed E-state index contributed by atoms with van der Waals surface area (Å²) in [4.78, 5) is 11.0. The maximum Gasteiger partial charge on any atom is 0.123 e. The summed E-state index contributed by atoms with van der Waals surface area (Å²) in [6, 6.07) is 9.03. The average molecular weight is 287 g/mol. The molecule has 1 heterocycles. The molecule has 1 aromatic heterocycles. The van der Waals surface area contributed by atoms with Gasteiger partial charge in [0, 0.05) is 36.8 Å². The van der Waals surface area contributed by atoms with E-state index >= 15 is 0 Å². The summed E-state index contributed by atoms with van der Waals surface area (Å²) < 4.78 is 0. The first-order valence-corrected chi connectivity index (χ1v) is 7.68. The Kier molecular flexibility index (Phi) is 4.90. The quantitative estimate of drug-likeness (QED) is 0.626. The van der Waals surface area contributed by atoms with Crippen LogP contribution in [0.5, 0.6) is 0 Å². The first kappa shape index (κ1) is 14.7. The standard InChI is InChI=1S/C16H21N3S/c1-12(2)19(13(3)17-4)11-14-6-5-7-15(10-14)16-18-8-9-20-16/h5-10,12H,11H2,1-4H3. The minimum absolute atomic E-state index is 0.433. The van der Waals surface area contributed by atoms with Crippen LogP contribution in [0.1, 0.15) is 26.3 Å². The van der Waals surface area contributed by atoms with Crippen LogP contribution in [0, 0.1) is 0 Å². The molecule has 0 N–H and O–H groups in total. The van der Waals surface area contributed by atoms with Gasteiger partial charge in [-0.3, -0.25) is 4.99 Å². The van der Waals surface area contributed by atoms with Crippen molar-refractivity contribution in [3.8, 4) is 10.6 Å². The largest absolute Gasteiger partial charge is 0.354 e. The molecule has 0 spiro atoms. The number of hydrogen-bond donors (Lipinski definition) is 0. The number of nitrogens with zero attached hydrogens (tertiary/aromatic N) is 3. The average Bonchev–Trinajstić information content (AvgIpc) is 2.98. The molecule has 0 saturated carbocycles. The second kappa shape index (κ2) is 6.66. The highest BCUT2D eigenvalue weighted by Gasteiger charge is 2.12. The van der Waals surface area contributed by atoms with Crippen molar-refractivity contribution in [3.05, 3.63) is 41.4 Å². The number of thiazole rings is 1. The van der Waals surface area contributed by atoms with Gasteiger partial charge in [0.25, 0.3) is 0 Å². The summed E-state index contributed by atoms with van der Waals surface area (Å²) in [5, 5.41) is 3.08. The van der Waals surface area contributed by atoms with Crippen LogP contribution >= 0.6 is 11.3 Å². The fourth-order valence-corrected chi connectivity index (χ4v) is 2.80. The van der Waals surface area contributed by atoms with Crippen molar-refractivity contribution >= 4 is 17.2 Å². The van der Waals surface area contributed by atoms with Gasteiger partial charge in [0.2, 0.25) is 0 Å². The van der Waals surface area contributed by atoms with Crippen LogP contribution in [-0.4, -0.2) is 28.8 Å². The molecule has 0 aliphatic rings. The molecule has 4 heteroatoms. The summed E-state index contributed by atoms with van der Waals surface area (Å²) in [6.45, 7) is 7.32. The third kappa shape index (κ3) is 3.45. The van der Waals surface area contributed by atoms with Crippen molar-refractivity contribution in [1.29, 1.82) is 0 Å². The maximum absolute atomic E-state index is 4.37. The fourth-order valence-electron chi connectivity index (χ4n) is 2.16. The van der Waals surface area contributed by atoms with E-state index in [1.54, 1.807) is 11.3 Å². The lowest BCUT2D eigenvalue weighted by molar-refractivity contribution is 0.340. The summed E-state index contributed by atoms with van der Waals surface area (Å²) in [5.74, 6) is 1.07. The Balaban J connectivity index is 2.23. The zero-order valence-corrected chi connectivity index (χ0v) is 13.3. The Bertz CT molecular complexity index is 573. The van der Waals surface area contributed by atoms with Gasteiger partial charge < -0.3 is 4.90 Å². The molecule has 0 saturated heterocycles. The molecule has 1 aromatic carbocycles. The van der Waals surface area contributed by atoms with Crippen molar-refractivity contribution in [3.63, 3.8) is 0 Å². The second-order valence-corrected chi connectivity index (χ2v) is 5.92. The van der Waals surface area contributed by atoms with Gasteiger partial charge in [-0.2, -0.15) is 0 Å². The van der Waals surface area contributed by atoms with Crippen molar-refractivity contribution < 1.29 is 0 Å². The predicted octanol–water partition coefficient (Wildman–Crippen LogP) is 4.07. The van der Waals surface area contributed by atoms with E-state index in [1.165, 1.54) is 11.1 Å². The molecular formula is C16H21N3S. The van der Waals surface area contributed by atoms with Gasteiger partial charge in [-0.1, -0.05) is 18.2 Å². The van der Waals surface area contributed by atoms with E-state index in [4.69, 9.17) is 0 Å². The van der Waals surface area contributed by atoms with Gasteiger partial charge in [-0.25, -0.2) is 4.98 Å². The maximum atomic E-state index is 4.37. The Morgan fingerprint density at radius 1 is 1.40 bits per heavy atom. The van der Waals surface area contributed by atoms with Crippen LogP contribution in [0.3, 0.4) is 0 Å². The number of rotatable bonds is 4. The molecule has 3 nitrogen and oxygen atoms in total. The topological polar surface area (TPSA) is 28.5 Å². The van der Waals surface area contributed by atoms with Crippen molar-refractivity contribution in [2.24, 2.45) is 4.99 Å². The zero-order valence-electron chi connectivity index (χ0n) is 12.5. The highest BCUT2D eigenvalue weighted by atomic mass is 32.1. The zero-order chi connectivity index (χ0) is 14.5. The van der Waals surface area contributed by atoms with Crippen LogP contribution in [0.15, 0.2) is 40.8 Å². The summed E-state index contributed by atoms with van der Waals surface area (Å²) in [7, 11) is 1.84. The van der Waals surface area contributed by atoms with Crippen molar-refractivity contribution in [2.75, 3.05) is 7.05 Å². The third-order valence-electron chi connectivity index (χ3n) is 3.32. The first-order chi connectivity index (χ1) is 9.61. The normalized spacial score (nSPS) is 11.9. The van der Waals surface area contributed by atoms with Gasteiger partial charge in [0.05, 0.1) is 5.84 Å². The fraction of sp³-hybridized carbons (Fsp3) is 0.375. The van der Waals surface area contributed by atoms with Crippen LogP contribution in [0.2, 0.25) is 0 Å². The molecule has 0 fully saturated rings. The SMILES string of the molecule is CN=C(C)N(Cc1cccc(-c2nccs2)c1)C(C)C. The molecular weight excluding hydrogens is 266 g/mol. The van der Waals surface area contributed by atoms with Crippen molar-refractivity contribution in [1.82, 2.24) is 9.88 Å². The van der Waals surface area contributed by atoms with E-state index in [0.717, 1.165) is 17.4 Å². The highest BCUT2D eigenvalue weighted by Crippen LogP contribution is 2.23. The Morgan fingerprint density at radius 3 is 2.80 bits per heavy atom. The highest BCUT2D eigenvalue weighted by molar-refractivity contribution is 7.13. The lowest BCUT2D eigenvalue weighted by Crippen LogP contribution is -2.34. The van der Waals surface area contributed by atoms with Gasteiger partial charge in [0.1, 0.15) is 5.01 Å². The molecule has 106 valence electrons. The minimum atomic E-state index is 0.433. The van der Waals surface area contributed by atoms with Crippen LogP contribution in [0.25, 0.3) is 10.6 Å². The van der Waals surface area contributed by atoms with E-state index < -0.39 is 0 Å². The number of aromatic nitrogens is 1. The smallest absolute Gasteiger partial charge is 0.123 e. The molecule has 0 unspecified atom stereocenters. The molecule has 0 atom stereocenters. The van der Waals surface area contributed by atoms with E-state index in [2.05, 4.69) is 59.9 Å². The molecule has 0 amide bonds. The molecule has 2 rings (SSSR count). The lowest BCUT2D eigenvalue weighted by Gasteiger charge is -2.28. The van der Waals surface area contributed by atoms with E-state index in [0.29, 0.717) is 6.04 Å². The second-order valence-electron chi connectivity index (χ2n) is 5.03. The van der Waals surface area contributed by atoms with E-state index in [9.17, 15) is 0 Å². The Morgan fingerprint density at radius 2 is 2.20 bits per heavy atom. The molecule has 20 heavy (non-hydrogen) atoms. The van der Waals surface area contributed by atoms with Crippen molar-refractivity contribution in [2.45, 2.75) is 33.4 Å². The number of aliphatic imine (C=N–C) groups is 1. The predicted molar refractivity (Wildman–Crippen MR) is 87.3 cm³/mol. The van der Waals surface area contributed by atoms with Gasteiger partial charge in [-0.05, 0) is 32.4 Å². The van der Waals surface area contributed by atoms with E-state index in [1.807, 2.05) is 18.6 Å². The van der Waals surface area contributed by atoms with Crippen LogP contribution in [-0.2, 0) is 6.54 Å². The Labute approximate surface area is 125 Å². The summed E-state index contributed by atoms with van der Waals surface area (Å²) in [5.41, 5.74) is 2.47. The van der Waals surface area contributed by atoms with Gasteiger partial charge in [0.15, 0.2) is 0 Å². The van der Waals surface area contributed by atoms with Crippen LogP contribution in [0.4, 0.5) is 0 Å². The summed E-state index contributed by atoms with van der Waals surface area (Å²) in [6.07, 6.45) is 1.85. The number of benzene rings is 1. The van der Waals surface area contributed by atoms with Gasteiger partial charge in [-0.15, -0.1) is 11.3 Å². The number of hydrogen-bond acceptors (Lipinski definition) is 3. The molecule has 2 aromatic rings.